The van der Waals surface area contributed by atoms with Crippen molar-refractivity contribution in [3.05, 3.63) is 0 Å². The van der Waals surface area contributed by atoms with E-state index in [0.29, 0.717) is 19.3 Å². The number of amidine groups is 1. The molecule has 0 saturated carbocycles. The van der Waals surface area contributed by atoms with E-state index in [0.717, 1.165) is 0 Å². The van der Waals surface area contributed by atoms with Crippen LogP contribution >= 0.6 is 0 Å². The number of ether oxygens (including phenoxy) is 1. The maximum absolute atomic E-state index is 12.7. The maximum atomic E-state index is 12.7. The molecule has 194 valence electrons. The molecular formula is C22H39N5O7. The number of carboxylic acids is 1. The van der Waals surface area contributed by atoms with Gasteiger partial charge in [-0.2, -0.15) is 0 Å². The Balaban J connectivity index is 4.95. The summed E-state index contributed by atoms with van der Waals surface area (Å²) in [5, 5.41) is 23.9. The summed E-state index contributed by atoms with van der Waals surface area (Å²) in [4.78, 5) is 60.3. The normalized spacial score (nSPS) is 12.9. The van der Waals surface area contributed by atoms with Gasteiger partial charge in [0.2, 0.25) is 11.8 Å². The molecule has 0 spiro atoms. The van der Waals surface area contributed by atoms with Crippen molar-refractivity contribution in [2.45, 2.75) is 103 Å². The first-order valence-electron chi connectivity index (χ1n) is 11.3. The average molecular weight is 486 g/mol. The lowest BCUT2D eigenvalue weighted by Gasteiger charge is -2.23. The van der Waals surface area contributed by atoms with Crippen molar-refractivity contribution in [2.75, 3.05) is 0 Å². The average Bonchev–Trinajstić information content (AvgIpc) is 2.65. The highest BCUT2D eigenvalue weighted by Gasteiger charge is 2.26. The molecule has 0 aromatic heterocycles. The van der Waals surface area contributed by atoms with Crippen LogP contribution in [0.1, 0.15) is 79.6 Å². The number of nitrogens with one attached hydrogen (secondary N) is 4. The fraction of sp³-hybridized carbons (Fsp3) is 0.727. The van der Waals surface area contributed by atoms with Gasteiger partial charge < -0.3 is 31.5 Å². The number of carbonyl (C=O) groups excluding carboxylic acids is 4. The molecule has 0 saturated heterocycles. The van der Waals surface area contributed by atoms with Crippen LogP contribution in [-0.4, -0.2) is 64.3 Å². The Morgan fingerprint density at radius 2 is 1.53 bits per heavy atom. The van der Waals surface area contributed by atoms with E-state index in [1.807, 2.05) is 0 Å². The van der Waals surface area contributed by atoms with Gasteiger partial charge in [-0.05, 0) is 47.5 Å². The Bertz CT molecular complexity index is 746. The van der Waals surface area contributed by atoms with Gasteiger partial charge in [0.1, 0.15) is 11.6 Å². The smallest absolute Gasteiger partial charge is 0.408 e. The van der Waals surface area contributed by atoms with Gasteiger partial charge in [0.15, 0.2) is 5.78 Å². The summed E-state index contributed by atoms with van der Waals surface area (Å²) < 4.78 is 5.19. The number of carboxylic acid groups (broad SMARTS) is 1. The molecule has 0 heterocycles. The second-order valence-corrected chi connectivity index (χ2v) is 9.32. The zero-order chi connectivity index (χ0) is 26.5. The quantitative estimate of drug-likeness (QED) is 0.113. The van der Waals surface area contributed by atoms with Crippen molar-refractivity contribution < 1.29 is 33.8 Å². The molecule has 0 radical (unpaired) electrons. The lowest BCUT2D eigenvalue weighted by atomic mass is 10.0. The lowest BCUT2D eigenvalue weighted by molar-refractivity contribution is -0.143. The monoisotopic (exact) mass is 485 g/mol. The molecule has 34 heavy (non-hydrogen) atoms. The van der Waals surface area contributed by atoms with Crippen molar-refractivity contribution >= 4 is 35.5 Å². The number of hydrogen-bond donors (Lipinski definition) is 6. The first kappa shape index (κ1) is 30.8. The number of alkyl carbamates (subject to hydrolysis) is 1. The summed E-state index contributed by atoms with van der Waals surface area (Å²) in [6.45, 7) is 8.49. The van der Waals surface area contributed by atoms with E-state index in [9.17, 15) is 29.1 Å². The molecule has 2 unspecified atom stereocenters. The van der Waals surface area contributed by atoms with E-state index < -0.39 is 53.8 Å². The van der Waals surface area contributed by atoms with Crippen LogP contribution in [0.5, 0.6) is 0 Å². The zero-order valence-electron chi connectivity index (χ0n) is 20.7. The Kier molecular flexibility index (Phi) is 13.5. The molecule has 3 amide bonds. The van der Waals surface area contributed by atoms with E-state index in [1.165, 1.54) is 0 Å². The van der Waals surface area contributed by atoms with E-state index in [2.05, 4.69) is 16.0 Å². The van der Waals surface area contributed by atoms with Crippen LogP contribution in [0.3, 0.4) is 0 Å². The molecule has 0 aromatic rings. The molecule has 0 aliphatic heterocycles. The summed E-state index contributed by atoms with van der Waals surface area (Å²) >= 11 is 0. The predicted octanol–water partition coefficient (Wildman–Crippen LogP) is 1.21. The number of amides is 3. The third-order valence-electron chi connectivity index (χ3n) is 4.34. The molecule has 0 fully saturated rings. The number of ketones is 1. The largest absolute Gasteiger partial charge is 0.480 e. The zero-order valence-corrected chi connectivity index (χ0v) is 20.7. The third kappa shape index (κ3) is 15.6. The maximum Gasteiger partial charge on any atom is 0.408 e. The first-order valence-corrected chi connectivity index (χ1v) is 11.3. The highest BCUT2D eigenvalue weighted by molar-refractivity contribution is 5.92. The second kappa shape index (κ2) is 14.9. The van der Waals surface area contributed by atoms with Crippen LogP contribution in [0, 0.1) is 5.41 Å². The lowest BCUT2D eigenvalue weighted by Crippen LogP contribution is -2.46. The van der Waals surface area contributed by atoms with Gasteiger partial charge in [-0.1, -0.05) is 6.42 Å². The minimum atomic E-state index is -1.43. The molecule has 2 atom stereocenters. The highest BCUT2D eigenvalue weighted by atomic mass is 16.6. The van der Waals surface area contributed by atoms with Crippen LogP contribution < -0.4 is 21.7 Å². The van der Waals surface area contributed by atoms with Gasteiger partial charge in [-0.25, -0.2) is 9.59 Å². The van der Waals surface area contributed by atoms with Crippen molar-refractivity contribution in [3.8, 4) is 0 Å². The Morgan fingerprint density at radius 1 is 0.912 bits per heavy atom. The van der Waals surface area contributed by atoms with Gasteiger partial charge in [-0.15, -0.1) is 0 Å². The standard InChI is InChI=1S/C22H39N5O7/c1-13(2)25-19(30)12-15(20(31)32)26-18(29)11-10-16(28)14(8-6-7-9-17(23)24)27-21(33)34-22(3,4)5/h13-15H,6-12H2,1-5H3,(H3,23,24)(H,25,30)(H,26,29)(H,27,33)(H,31,32). The fourth-order valence-electron chi connectivity index (χ4n) is 2.87. The summed E-state index contributed by atoms with van der Waals surface area (Å²) in [5.74, 6) is -2.99. The van der Waals surface area contributed by atoms with Crippen molar-refractivity contribution in [1.82, 2.24) is 16.0 Å². The topological polar surface area (TPSA) is 201 Å². The number of rotatable bonds is 15. The van der Waals surface area contributed by atoms with Gasteiger partial charge in [0.05, 0.1) is 18.3 Å². The number of hydrogen-bond acceptors (Lipinski definition) is 7. The number of unbranched alkanes of at least 4 members (excludes halogenated alkanes) is 1. The molecule has 12 nitrogen and oxygen atoms in total. The second-order valence-electron chi connectivity index (χ2n) is 9.32. The molecule has 0 aliphatic carbocycles. The van der Waals surface area contributed by atoms with Crippen LogP contribution in [0.25, 0.3) is 0 Å². The molecule has 0 bridgehead atoms. The van der Waals surface area contributed by atoms with Crippen molar-refractivity contribution in [3.63, 3.8) is 0 Å². The molecule has 0 rings (SSSR count). The van der Waals surface area contributed by atoms with Crippen LogP contribution in [0.4, 0.5) is 4.79 Å². The molecule has 12 heteroatoms. The summed E-state index contributed by atoms with van der Waals surface area (Å²) in [5.41, 5.74) is 4.57. The Hall–Kier alpha value is -3.18. The Morgan fingerprint density at radius 3 is 2.03 bits per heavy atom. The number of aliphatic carboxylic acids is 1. The number of Topliss-reactive ketones (excluding diaryl/α,β-unsaturated/α-hetero) is 1. The molecule has 7 N–H and O–H groups in total. The van der Waals surface area contributed by atoms with Gasteiger partial charge >= 0.3 is 12.1 Å². The van der Waals surface area contributed by atoms with Gasteiger partial charge in [0.25, 0.3) is 0 Å². The minimum absolute atomic E-state index is 0.0229. The summed E-state index contributed by atoms with van der Waals surface area (Å²) in [6, 6.07) is -2.52. The van der Waals surface area contributed by atoms with Crippen molar-refractivity contribution in [2.24, 2.45) is 5.73 Å². The minimum Gasteiger partial charge on any atom is -0.480 e. The van der Waals surface area contributed by atoms with Crippen LogP contribution in [0.15, 0.2) is 0 Å². The summed E-state index contributed by atoms with van der Waals surface area (Å²) in [7, 11) is 0. The van der Waals surface area contributed by atoms with Crippen LogP contribution in [-0.2, 0) is 23.9 Å². The van der Waals surface area contributed by atoms with E-state index in [4.69, 9.17) is 15.9 Å². The van der Waals surface area contributed by atoms with Gasteiger partial charge in [-0.3, -0.25) is 19.8 Å². The highest BCUT2D eigenvalue weighted by Crippen LogP contribution is 2.11. The molecule has 0 aliphatic rings. The fourth-order valence-corrected chi connectivity index (χ4v) is 2.87. The van der Waals surface area contributed by atoms with Crippen molar-refractivity contribution in [1.29, 1.82) is 5.41 Å². The molecule has 0 aromatic carbocycles. The van der Waals surface area contributed by atoms with Crippen LogP contribution in [0.2, 0.25) is 0 Å². The SMILES string of the molecule is CC(C)NC(=O)CC(NC(=O)CCC(=O)C(CCCCC(=N)N)NC(=O)OC(C)(C)C)C(=O)O. The van der Waals surface area contributed by atoms with E-state index in [-0.39, 0.29) is 31.1 Å². The number of carbonyl (C=O) groups is 5. The predicted molar refractivity (Wildman–Crippen MR) is 125 cm³/mol. The Labute approximate surface area is 200 Å². The van der Waals surface area contributed by atoms with E-state index in [1.54, 1.807) is 34.6 Å². The van der Waals surface area contributed by atoms with Gasteiger partial charge in [0, 0.05) is 25.3 Å². The first-order chi connectivity index (χ1) is 15.6. The number of nitrogens with two attached hydrogens (primary N) is 1. The summed E-state index contributed by atoms with van der Waals surface area (Å²) in [6.07, 6.45) is -0.0943. The molecular weight excluding hydrogens is 446 g/mol. The third-order valence-corrected chi connectivity index (χ3v) is 4.34. The van der Waals surface area contributed by atoms with E-state index >= 15 is 0 Å².